The van der Waals surface area contributed by atoms with Crippen LogP contribution in [0.25, 0.3) is 0 Å². The van der Waals surface area contributed by atoms with Crippen LogP contribution in [-0.4, -0.2) is 46.4 Å². The topological polar surface area (TPSA) is 61.9 Å². The molecule has 2 amide bonds. The summed E-state index contributed by atoms with van der Waals surface area (Å²) in [4.78, 5) is 29.8. The third kappa shape index (κ3) is 4.51. The van der Waals surface area contributed by atoms with Gasteiger partial charge in [0.2, 0.25) is 5.91 Å². The molecule has 2 heterocycles. The number of carbonyl (C=O) groups is 2. The molecule has 1 aliphatic heterocycles. The van der Waals surface area contributed by atoms with E-state index in [0.717, 1.165) is 16.2 Å². The Hall–Kier alpha value is -2.45. The van der Waals surface area contributed by atoms with Crippen LogP contribution >= 0.6 is 23.6 Å². The average Bonchev–Trinajstić information content (AvgIpc) is 3.28. The lowest BCUT2D eigenvalue weighted by Gasteiger charge is -2.24. The predicted molar refractivity (Wildman–Crippen MR) is 113 cm³/mol. The van der Waals surface area contributed by atoms with Crippen LogP contribution in [0.2, 0.25) is 0 Å². The molecule has 1 saturated heterocycles. The number of thiocarbonyl (C=S) groups is 1. The number of hydrogen-bond acceptors (Lipinski definition) is 5. The van der Waals surface area contributed by atoms with Crippen molar-refractivity contribution in [1.29, 1.82) is 0 Å². The van der Waals surface area contributed by atoms with Crippen LogP contribution in [0, 0.1) is 0 Å². The molecule has 1 N–H and O–H groups in total. The smallest absolute Gasteiger partial charge is 0.252 e. The summed E-state index contributed by atoms with van der Waals surface area (Å²) in [5, 5.41) is 5.21. The van der Waals surface area contributed by atoms with Crippen molar-refractivity contribution in [2.45, 2.75) is 32.5 Å². The van der Waals surface area contributed by atoms with Crippen molar-refractivity contribution in [2.24, 2.45) is 0 Å². The molecule has 0 bridgehead atoms. The van der Waals surface area contributed by atoms with E-state index in [9.17, 15) is 9.59 Å². The molecule has 1 aromatic heterocycles. The summed E-state index contributed by atoms with van der Waals surface area (Å²) in [5.41, 5.74) is 0.995. The lowest BCUT2D eigenvalue weighted by Crippen LogP contribution is -2.39. The molecule has 2 aromatic rings. The lowest BCUT2D eigenvalue weighted by molar-refractivity contribution is -0.132. The third-order valence-corrected chi connectivity index (χ3v) is 5.88. The van der Waals surface area contributed by atoms with Crippen molar-refractivity contribution < 1.29 is 14.3 Å². The Morgan fingerprint density at radius 3 is 2.61 bits per heavy atom. The normalized spacial score (nSPS) is 16.6. The van der Waals surface area contributed by atoms with E-state index in [4.69, 9.17) is 17.0 Å². The Bertz CT molecular complexity index is 837. The van der Waals surface area contributed by atoms with E-state index < -0.39 is 6.04 Å². The zero-order valence-corrected chi connectivity index (χ0v) is 17.5. The molecule has 28 heavy (non-hydrogen) atoms. The van der Waals surface area contributed by atoms with Crippen LogP contribution in [0.5, 0.6) is 5.75 Å². The largest absolute Gasteiger partial charge is 0.497 e. The van der Waals surface area contributed by atoms with Crippen molar-refractivity contribution in [1.82, 2.24) is 15.1 Å². The summed E-state index contributed by atoms with van der Waals surface area (Å²) in [7, 11) is 1.62. The van der Waals surface area contributed by atoms with E-state index in [0.29, 0.717) is 24.7 Å². The molecule has 0 aliphatic carbocycles. The highest BCUT2D eigenvalue weighted by Crippen LogP contribution is 2.26. The molecule has 1 fully saturated rings. The van der Waals surface area contributed by atoms with Gasteiger partial charge in [-0.2, -0.15) is 0 Å². The van der Waals surface area contributed by atoms with Gasteiger partial charge in [0.15, 0.2) is 5.11 Å². The maximum Gasteiger partial charge on any atom is 0.252 e. The van der Waals surface area contributed by atoms with Gasteiger partial charge in [0.05, 0.1) is 20.1 Å². The van der Waals surface area contributed by atoms with E-state index in [1.54, 1.807) is 23.3 Å². The Morgan fingerprint density at radius 2 is 2.00 bits per heavy atom. The van der Waals surface area contributed by atoms with E-state index in [-0.39, 0.29) is 18.2 Å². The molecule has 0 spiro atoms. The minimum absolute atomic E-state index is 0.0872. The van der Waals surface area contributed by atoms with Gasteiger partial charge >= 0.3 is 0 Å². The molecule has 0 radical (unpaired) electrons. The second kappa shape index (κ2) is 9.16. The fourth-order valence-electron chi connectivity index (χ4n) is 3.15. The number of benzene rings is 1. The number of nitrogens with one attached hydrogen (secondary N) is 1. The molecule has 1 aromatic carbocycles. The van der Waals surface area contributed by atoms with Crippen molar-refractivity contribution in [2.75, 3.05) is 13.7 Å². The van der Waals surface area contributed by atoms with Crippen LogP contribution in [0.4, 0.5) is 0 Å². The molecule has 1 atom stereocenters. The van der Waals surface area contributed by atoms with Crippen molar-refractivity contribution in [3.63, 3.8) is 0 Å². The zero-order valence-electron chi connectivity index (χ0n) is 15.9. The summed E-state index contributed by atoms with van der Waals surface area (Å²) in [6.07, 6.45) is 0.0872. The van der Waals surface area contributed by atoms with Crippen LogP contribution in [0.3, 0.4) is 0 Å². The molecule has 1 aliphatic rings. The summed E-state index contributed by atoms with van der Waals surface area (Å²) in [5.74, 6) is 0.488. The van der Waals surface area contributed by atoms with Crippen LogP contribution in [0.1, 0.15) is 23.8 Å². The Kier molecular flexibility index (Phi) is 6.64. The number of thiophene rings is 1. The molecule has 1 unspecified atom stereocenters. The van der Waals surface area contributed by atoms with Gasteiger partial charge in [-0.1, -0.05) is 18.2 Å². The fraction of sp³-hybridized carbons (Fsp3) is 0.350. The first-order chi connectivity index (χ1) is 13.5. The summed E-state index contributed by atoms with van der Waals surface area (Å²) >= 11 is 7.21. The summed E-state index contributed by atoms with van der Waals surface area (Å²) in [6, 6.07) is 11.0. The van der Waals surface area contributed by atoms with Gasteiger partial charge in [-0.15, -0.1) is 11.3 Å². The first-order valence-electron chi connectivity index (χ1n) is 9.07. The quantitative estimate of drug-likeness (QED) is 0.670. The van der Waals surface area contributed by atoms with Gasteiger partial charge in [0.25, 0.3) is 5.91 Å². The maximum absolute atomic E-state index is 13.1. The second-order valence-corrected chi connectivity index (χ2v) is 7.83. The minimum atomic E-state index is -0.596. The Morgan fingerprint density at radius 1 is 1.25 bits per heavy atom. The lowest BCUT2D eigenvalue weighted by atomic mass is 10.1. The van der Waals surface area contributed by atoms with Crippen LogP contribution in [0.15, 0.2) is 41.8 Å². The van der Waals surface area contributed by atoms with E-state index in [1.807, 2.05) is 53.6 Å². The van der Waals surface area contributed by atoms with Crippen LogP contribution in [-0.2, 0) is 22.7 Å². The van der Waals surface area contributed by atoms with Gasteiger partial charge in [0.1, 0.15) is 11.8 Å². The number of ether oxygens (including phenoxy) is 1. The van der Waals surface area contributed by atoms with Crippen LogP contribution < -0.4 is 10.1 Å². The number of rotatable bonds is 8. The van der Waals surface area contributed by atoms with E-state index in [1.165, 1.54) is 0 Å². The molecule has 8 heteroatoms. The number of amides is 2. The predicted octanol–water partition coefficient (Wildman–Crippen LogP) is 2.78. The Balaban J connectivity index is 1.82. The van der Waals surface area contributed by atoms with E-state index >= 15 is 0 Å². The minimum Gasteiger partial charge on any atom is -0.497 e. The molecule has 3 rings (SSSR count). The third-order valence-electron chi connectivity index (χ3n) is 4.56. The zero-order chi connectivity index (χ0) is 20.1. The van der Waals surface area contributed by atoms with Crippen molar-refractivity contribution in [3.05, 3.63) is 52.2 Å². The maximum atomic E-state index is 13.1. The summed E-state index contributed by atoms with van der Waals surface area (Å²) in [6.45, 7) is 3.28. The van der Waals surface area contributed by atoms with Gasteiger partial charge in [0, 0.05) is 18.0 Å². The van der Waals surface area contributed by atoms with Gasteiger partial charge in [-0.25, -0.2) is 0 Å². The number of hydrogen-bond donors (Lipinski definition) is 1. The SMILES string of the molecule is CCNC(=O)CC1C(=O)N(Cc2cccs2)C(=S)N1Cc1ccc(OC)cc1. The van der Waals surface area contributed by atoms with Gasteiger partial charge in [-0.05, 0) is 48.3 Å². The highest BCUT2D eigenvalue weighted by Gasteiger charge is 2.43. The molecule has 148 valence electrons. The monoisotopic (exact) mass is 417 g/mol. The average molecular weight is 418 g/mol. The van der Waals surface area contributed by atoms with E-state index in [2.05, 4.69) is 5.32 Å². The Labute approximate surface area is 174 Å². The number of methoxy groups -OCH3 is 1. The van der Waals surface area contributed by atoms with Gasteiger partial charge in [-0.3, -0.25) is 14.5 Å². The highest BCUT2D eigenvalue weighted by atomic mass is 32.1. The molecular weight excluding hydrogens is 394 g/mol. The van der Waals surface area contributed by atoms with Gasteiger partial charge < -0.3 is 15.0 Å². The summed E-state index contributed by atoms with van der Waals surface area (Å²) < 4.78 is 5.20. The second-order valence-electron chi connectivity index (χ2n) is 6.44. The number of carbonyl (C=O) groups excluding carboxylic acids is 2. The number of nitrogens with zero attached hydrogens (tertiary/aromatic N) is 2. The highest BCUT2D eigenvalue weighted by molar-refractivity contribution is 7.80. The molecule has 0 saturated carbocycles. The molecule has 6 nitrogen and oxygen atoms in total. The fourth-order valence-corrected chi connectivity index (χ4v) is 4.19. The van der Waals surface area contributed by atoms with Crippen molar-refractivity contribution in [3.8, 4) is 5.75 Å². The molecular formula is C20H23N3O3S2. The first kappa shape index (κ1) is 20.3. The standard InChI is InChI=1S/C20H23N3O3S2/c1-3-21-18(24)11-17-19(25)23(13-16-5-4-10-28-16)20(27)22(17)12-14-6-8-15(26-2)9-7-14/h4-10,17H,3,11-13H2,1-2H3,(H,21,24). The first-order valence-corrected chi connectivity index (χ1v) is 10.4. The van der Waals surface area contributed by atoms with Crippen molar-refractivity contribution >= 4 is 40.5 Å².